The van der Waals surface area contributed by atoms with Crippen LogP contribution in [-0.4, -0.2) is 12.6 Å². The van der Waals surface area contributed by atoms with Crippen LogP contribution in [0.15, 0.2) is 24.3 Å². The molecule has 2 rings (SSSR count). The zero-order valence-electron chi connectivity index (χ0n) is 12.2. The summed E-state index contributed by atoms with van der Waals surface area (Å²) >= 11 is 2.38. The maximum Gasteiger partial charge on any atom is 0.0130 e. The van der Waals surface area contributed by atoms with Gasteiger partial charge in [0.15, 0.2) is 0 Å². The molecule has 1 fully saturated rings. The van der Waals surface area contributed by atoms with Crippen LogP contribution >= 0.6 is 22.6 Å². The van der Waals surface area contributed by atoms with E-state index in [1.165, 1.54) is 47.8 Å². The van der Waals surface area contributed by atoms with Gasteiger partial charge in [0.05, 0.1) is 0 Å². The lowest BCUT2D eigenvalue weighted by Gasteiger charge is -2.35. The Morgan fingerprint density at radius 2 is 1.95 bits per heavy atom. The Kier molecular flexibility index (Phi) is 6.14. The Balaban J connectivity index is 1.98. The van der Waals surface area contributed by atoms with Gasteiger partial charge in [-0.15, -0.1) is 0 Å². The minimum Gasteiger partial charge on any atom is -0.314 e. The molecule has 0 amide bonds. The highest BCUT2D eigenvalue weighted by molar-refractivity contribution is 14.1. The second-order valence-corrected chi connectivity index (χ2v) is 7.32. The first kappa shape index (κ1) is 15.3. The maximum atomic E-state index is 3.77. The quantitative estimate of drug-likeness (QED) is 0.744. The number of nitrogens with one attached hydrogen (secondary N) is 1. The van der Waals surface area contributed by atoms with Crippen molar-refractivity contribution < 1.29 is 0 Å². The lowest BCUT2D eigenvalue weighted by Crippen LogP contribution is -2.41. The molecular weight excluding hydrogens is 345 g/mol. The van der Waals surface area contributed by atoms with Crippen LogP contribution < -0.4 is 5.32 Å². The topological polar surface area (TPSA) is 12.0 Å². The molecule has 0 spiro atoms. The van der Waals surface area contributed by atoms with E-state index in [1.807, 2.05) is 0 Å². The highest BCUT2D eigenvalue weighted by Gasteiger charge is 2.28. The van der Waals surface area contributed by atoms with Crippen molar-refractivity contribution in [3.63, 3.8) is 0 Å². The number of hydrogen-bond acceptors (Lipinski definition) is 1. The van der Waals surface area contributed by atoms with Crippen molar-refractivity contribution in [2.45, 2.75) is 52.0 Å². The molecule has 2 heteroatoms. The molecule has 0 bridgehead atoms. The van der Waals surface area contributed by atoms with Crippen molar-refractivity contribution in [1.82, 2.24) is 5.32 Å². The van der Waals surface area contributed by atoms with Crippen LogP contribution in [0.4, 0.5) is 0 Å². The Bertz CT molecular complexity index is 371. The number of benzene rings is 1. The molecule has 19 heavy (non-hydrogen) atoms. The summed E-state index contributed by atoms with van der Waals surface area (Å²) in [4.78, 5) is 0. The fourth-order valence-corrected chi connectivity index (χ4v) is 3.61. The zero-order valence-corrected chi connectivity index (χ0v) is 14.3. The van der Waals surface area contributed by atoms with Crippen LogP contribution in [0.5, 0.6) is 0 Å². The highest BCUT2D eigenvalue weighted by Crippen LogP contribution is 2.31. The third-order valence-corrected chi connectivity index (χ3v) is 5.03. The molecule has 0 aromatic heterocycles. The van der Waals surface area contributed by atoms with Crippen molar-refractivity contribution in [2.24, 2.45) is 11.8 Å². The van der Waals surface area contributed by atoms with Gasteiger partial charge in [-0.25, -0.2) is 0 Å². The molecule has 3 unspecified atom stereocenters. The van der Waals surface area contributed by atoms with Gasteiger partial charge in [0, 0.05) is 9.61 Å². The van der Waals surface area contributed by atoms with Crippen molar-refractivity contribution in [3.05, 3.63) is 33.4 Å². The first-order chi connectivity index (χ1) is 9.19. The van der Waals surface area contributed by atoms with E-state index in [-0.39, 0.29) is 0 Å². The first-order valence-electron chi connectivity index (χ1n) is 7.67. The van der Waals surface area contributed by atoms with Crippen LogP contribution in [0.3, 0.4) is 0 Å². The molecule has 1 aliphatic rings. The molecular formula is C17H26IN. The predicted molar refractivity (Wildman–Crippen MR) is 91.4 cm³/mol. The van der Waals surface area contributed by atoms with Crippen molar-refractivity contribution in [1.29, 1.82) is 0 Å². The van der Waals surface area contributed by atoms with Gasteiger partial charge in [0.25, 0.3) is 0 Å². The summed E-state index contributed by atoms with van der Waals surface area (Å²) in [7, 11) is 0. The van der Waals surface area contributed by atoms with Crippen LogP contribution in [0.25, 0.3) is 0 Å². The fraction of sp³-hybridized carbons (Fsp3) is 0.647. The molecule has 1 aromatic carbocycles. The van der Waals surface area contributed by atoms with E-state index in [0.29, 0.717) is 0 Å². The first-order valence-corrected chi connectivity index (χ1v) is 8.74. The van der Waals surface area contributed by atoms with Crippen LogP contribution in [0.2, 0.25) is 0 Å². The van der Waals surface area contributed by atoms with E-state index >= 15 is 0 Å². The molecule has 1 aliphatic carbocycles. The largest absolute Gasteiger partial charge is 0.314 e. The number of rotatable bonds is 5. The van der Waals surface area contributed by atoms with Gasteiger partial charge in [-0.3, -0.25) is 0 Å². The van der Waals surface area contributed by atoms with E-state index in [0.717, 1.165) is 17.9 Å². The lowest BCUT2D eigenvalue weighted by atomic mass is 9.76. The molecule has 1 saturated carbocycles. The Labute approximate surface area is 131 Å². The monoisotopic (exact) mass is 371 g/mol. The van der Waals surface area contributed by atoms with Gasteiger partial charge < -0.3 is 5.32 Å². The van der Waals surface area contributed by atoms with E-state index < -0.39 is 0 Å². The van der Waals surface area contributed by atoms with E-state index in [9.17, 15) is 0 Å². The molecule has 0 heterocycles. The van der Waals surface area contributed by atoms with Gasteiger partial charge in [-0.1, -0.05) is 26.0 Å². The van der Waals surface area contributed by atoms with Crippen LogP contribution in [-0.2, 0) is 6.42 Å². The molecule has 106 valence electrons. The zero-order chi connectivity index (χ0) is 13.7. The minimum absolute atomic E-state index is 0.732. The predicted octanol–water partition coefficient (Wildman–Crippen LogP) is 4.64. The normalized spacial score (nSPS) is 27.4. The molecule has 1 nitrogen and oxygen atoms in total. The SMILES string of the molecule is CCCNC1CCC(C)CC1Cc1ccc(I)cc1. The fourth-order valence-electron chi connectivity index (χ4n) is 3.25. The van der Waals surface area contributed by atoms with Gasteiger partial charge in [-0.05, 0) is 90.8 Å². The summed E-state index contributed by atoms with van der Waals surface area (Å²) in [6.45, 7) is 5.84. The average molecular weight is 371 g/mol. The van der Waals surface area contributed by atoms with Gasteiger partial charge in [0.1, 0.15) is 0 Å². The molecule has 0 saturated heterocycles. The third-order valence-electron chi connectivity index (χ3n) is 4.31. The smallest absolute Gasteiger partial charge is 0.0130 e. The molecule has 1 N–H and O–H groups in total. The van der Waals surface area contributed by atoms with Crippen LogP contribution in [0.1, 0.15) is 45.1 Å². The van der Waals surface area contributed by atoms with Gasteiger partial charge in [-0.2, -0.15) is 0 Å². The summed E-state index contributed by atoms with van der Waals surface area (Å²) in [5.41, 5.74) is 1.50. The van der Waals surface area contributed by atoms with Crippen molar-refractivity contribution >= 4 is 22.6 Å². The third kappa shape index (κ3) is 4.75. The second kappa shape index (κ2) is 7.63. The lowest BCUT2D eigenvalue weighted by molar-refractivity contribution is 0.212. The molecule has 1 aromatic rings. The average Bonchev–Trinajstić information content (AvgIpc) is 2.40. The van der Waals surface area contributed by atoms with Crippen LogP contribution in [0, 0.1) is 15.4 Å². The Hall–Kier alpha value is -0.0900. The summed E-state index contributed by atoms with van der Waals surface area (Å²) in [5, 5.41) is 3.77. The van der Waals surface area contributed by atoms with E-state index in [2.05, 4.69) is 66.0 Å². The van der Waals surface area contributed by atoms with E-state index in [4.69, 9.17) is 0 Å². The number of hydrogen-bond donors (Lipinski definition) is 1. The van der Waals surface area contributed by atoms with E-state index in [1.54, 1.807) is 0 Å². The Morgan fingerprint density at radius 1 is 1.21 bits per heavy atom. The molecule has 0 aliphatic heterocycles. The number of halogens is 1. The standard InChI is InChI=1S/C17H26IN/c1-3-10-19-17-9-4-13(2)11-15(17)12-14-5-7-16(18)8-6-14/h5-8,13,15,17,19H,3-4,9-12H2,1-2H3. The molecule has 0 radical (unpaired) electrons. The van der Waals surface area contributed by atoms with Gasteiger partial charge in [0.2, 0.25) is 0 Å². The molecule has 3 atom stereocenters. The van der Waals surface area contributed by atoms with Crippen molar-refractivity contribution in [2.75, 3.05) is 6.54 Å². The summed E-state index contributed by atoms with van der Waals surface area (Å²) in [5.74, 6) is 1.71. The summed E-state index contributed by atoms with van der Waals surface area (Å²) < 4.78 is 1.33. The maximum absolute atomic E-state index is 3.77. The summed E-state index contributed by atoms with van der Waals surface area (Å²) in [6.07, 6.45) is 6.61. The summed E-state index contributed by atoms with van der Waals surface area (Å²) in [6, 6.07) is 9.80. The Morgan fingerprint density at radius 3 is 2.63 bits per heavy atom. The van der Waals surface area contributed by atoms with Crippen molar-refractivity contribution in [3.8, 4) is 0 Å². The minimum atomic E-state index is 0.732. The second-order valence-electron chi connectivity index (χ2n) is 6.07. The highest BCUT2D eigenvalue weighted by atomic mass is 127. The van der Waals surface area contributed by atoms with Gasteiger partial charge >= 0.3 is 0 Å².